The summed E-state index contributed by atoms with van der Waals surface area (Å²) in [5.74, 6) is -0.162. The third-order valence-corrected chi connectivity index (χ3v) is 4.02. The molecule has 2 atom stereocenters. The van der Waals surface area contributed by atoms with E-state index in [1.165, 1.54) is 6.20 Å². The van der Waals surface area contributed by atoms with E-state index in [9.17, 15) is 4.79 Å². The van der Waals surface area contributed by atoms with Gasteiger partial charge in [-0.05, 0) is 19.9 Å². The van der Waals surface area contributed by atoms with Crippen LogP contribution in [0.2, 0.25) is 5.02 Å². The second-order valence-corrected chi connectivity index (χ2v) is 5.41. The van der Waals surface area contributed by atoms with E-state index in [0.717, 1.165) is 26.3 Å². The van der Waals surface area contributed by atoms with Crippen LogP contribution < -0.4 is 5.32 Å². The molecule has 110 valence electrons. The second-order valence-electron chi connectivity index (χ2n) is 5.01. The summed E-state index contributed by atoms with van der Waals surface area (Å²) in [4.78, 5) is 18.4. The van der Waals surface area contributed by atoms with E-state index >= 15 is 0 Å². The molecule has 20 heavy (non-hydrogen) atoms. The van der Waals surface area contributed by atoms with Crippen molar-refractivity contribution in [1.82, 2.24) is 15.2 Å². The number of morpholine rings is 1. The Labute approximate surface area is 124 Å². The maximum Gasteiger partial charge on any atom is 0.253 e. The van der Waals surface area contributed by atoms with Crippen LogP contribution in [0.4, 0.5) is 0 Å². The van der Waals surface area contributed by atoms with E-state index in [1.807, 2.05) is 6.92 Å². The van der Waals surface area contributed by atoms with Gasteiger partial charge < -0.3 is 10.1 Å². The van der Waals surface area contributed by atoms with Crippen molar-refractivity contribution in [3.8, 4) is 0 Å². The van der Waals surface area contributed by atoms with Crippen molar-refractivity contribution in [1.29, 1.82) is 0 Å². The zero-order valence-corrected chi connectivity index (χ0v) is 12.6. The van der Waals surface area contributed by atoms with Gasteiger partial charge in [-0.2, -0.15) is 0 Å². The topological polar surface area (TPSA) is 54.5 Å². The van der Waals surface area contributed by atoms with Crippen molar-refractivity contribution in [3.05, 3.63) is 29.0 Å². The molecule has 1 aliphatic heterocycles. The number of carbonyl (C=O) groups is 1. The van der Waals surface area contributed by atoms with Crippen molar-refractivity contribution in [2.45, 2.75) is 25.9 Å². The molecule has 2 heterocycles. The molecule has 0 spiro atoms. The van der Waals surface area contributed by atoms with E-state index in [0.29, 0.717) is 10.6 Å². The average molecular weight is 298 g/mol. The molecule has 0 bridgehead atoms. The number of halogens is 1. The van der Waals surface area contributed by atoms with E-state index < -0.39 is 0 Å². The number of amides is 1. The highest BCUT2D eigenvalue weighted by Gasteiger charge is 2.24. The van der Waals surface area contributed by atoms with E-state index in [1.54, 1.807) is 12.3 Å². The fraction of sp³-hybridized carbons (Fsp3) is 0.571. The van der Waals surface area contributed by atoms with Crippen LogP contribution in [0, 0.1) is 0 Å². The van der Waals surface area contributed by atoms with Gasteiger partial charge in [-0.15, -0.1) is 0 Å². The minimum absolute atomic E-state index is 0.0323. The third kappa shape index (κ3) is 3.69. The van der Waals surface area contributed by atoms with Crippen LogP contribution in [0.15, 0.2) is 18.5 Å². The summed E-state index contributed by atoms with van der Waals surface area (Å²) in [5, 5.41) is 3.37. The van der Waals surface area contributed by atoms with Crippen molar-refractivity contribution < 1.29 is 9.53 Å². The Kier molecular flexibility index (Phi) is 5.34. The number of nitrogens with zero attached hydrogens (tertiary/aromatic N) is 2. The summed E-state index contributed by atoms with van der Waals surface area (Å²) in [6.07, 6.45) is 3.05. The fourth-order valence-electron chi connectivity index (χ4n) is 2.27. The number of ether oxygens (including phenoxy) is 1. The molecule has 1 saturated heterocycles. The summed E-state index contributed by atoms with van der Waals surface area (Å²) >= 11 is 5.98. The first-order chi connectivity index (χ1) is 9.59. The van der Waals surface area contributed by atoms with Crippen molar-refractivity contribution in [2.24, 2.45) is 0 Å². The molecule has 1 N–H and O–H groups in total. The third-order valence-electron chi connectivity index (χ3n) is 3.72. The van der Waals surface area contributed by atoms with Gasteiger partial charge in [0.25, 0.3) is 5.91 Å². The maximum absolute atomic E-state index is 12.2. The Bertz CT molecular complexity index is 463. The van der Waals surface area contributed by atoms with Crippen molar-refractivity contribution >= 4 is 17.5 Å². The highest BCUT2D eigenvalue weighted by Crippen LogP contribution is 2.14. The lowest BCUT2D eigenvalue weighted by Gasteiger charge is -2.35. The number of carbonyl (C=O) groups excluding carboxylic acids is 1. The smallest absolute Gasteiger partial charge is 0.253 e. The van der Waals surface area contributed by atoms with Gasteiger partial charge in [0, 0.05) is 37.6 Å². The van der Waals surface area contributed by atoms with Crippen LogP contribution in [0.25, 0.3) is 0 Å². The average Bonchev–Trinajstić information content (AvgIpc) is 2.47. The Morgan fingerprint density at radius 3 is 2.80 bits per heavy atom. The standard InChI is InChI=1S/C14H20ClN3O2/c1-10(11(2)18-5-7-20-8-6-18)17-14(19)12-3-4-16-9-13(12)15/h3-4,9-11H,5-8H2,1-2H3,(H,17,19). The largest absolute Gasteiger partial charge is 0.379 e. The Morgan fingerprint density at radius 2 is 2.15 bits per heavy atom. The molecule has 1 aliphatic rings. The molecular formula is C14H20ClN3O2. The molecule has 1 aromatic heterocycles. The second kappa shape index (κ2) is 7.02. The summed E-state index contributed by atoms with van der Waals surface area (Å²) in [6, 6.07) is 1.91. The number of pyridine rings is 1. The molecule has 0 aliphatic carbocycles. The minimum Gasteiger partial charge on any atom is -0.379 e. The molecule has 0 aromatic carbocycles. The first-order valence-electron chi connectivity index (χ1n) is 6.81. The highest BCUT2D eigenvalue weighted by molar-refractivity contribution is 6.33. The number of hydrogen-bond acceptors (Lipinski definition) is 4. The zero-order chi connectivity index (χ0) is 14.5. The summed E-state index contributed by atoms with van der Waals surface area (Å²) in [5.41, 5.74) is 0.461. The van der Waals surface area contributed by atoms with Crippen LogP contribution >= 0.6 is 11.6 Å². The van der Waals surface area contributed by atoms with Crippen molar-refractivity contribution in [3.63, 3.8) is 0 Å². The van der Waals surface area contributed by atoms with Gasteiger partial charge in [-0.1, -0.05) is 11.6 Å². The highest BCUT2D eigenvalue weighted by atomic mass is 35.5. The van der Waals surface area contributed by atoms with Gasteiger partial charge in [-0.3, -0.25) is 14.7 Å². The molecule has 6 heteroatoms. The molecule has 1 aromatic rings. The Hall–Kier alpha value is -1.17. The normalized spacial score (nSPS) is 19.4. The van der Waals surface area contributed by atoms with E-state index in [2.05, 4.69) is 22.1 Å². The monoisotopic (exact) mass is 297 g/mol. The van der Waals surface area contributed by atoms with Gasteiger partial charge in [0.05, 0.1) is 23.8 Å². The lowest BCUT2D eigenvalue weighted by atomic mass is 10.1. The number of rotatable bonds is 4. The summed E-state index contributed by atoms with van der Waals surface area (Å²) < 4.78 is 5.34. The summed E-state index contributed by atoms with van der Waals surface area (Å²) in [7, 11) is 0. The van der Waals surface area contributed by atoms with E-state index in [4.69, 9.17) is 16.3 Å². The van der Waals surface area contributed by atoms with Crippen LogP contribution in [0.1, 0.15) is 24.2 Å². The van der Waals surface area contributed by atoms with Crippen molar-refractivity contribution in [2.75, 3.05) is 26.3 Å². The molecule has 0 saturated carbocycles. The predicted molar refractivity (Wildman–Crippen MR) is 78.0 cm³/mol. The van der Waals surface area contributed by atoms with Gasteiger partial charge in [-0.25, -0.2) is 0 Å². The molecule has 0 radical (unpaired) electrons. The van der Waals surface area contributed by atoms with Gasteiger partial charge in [0.1, 0.15) is 0 Å². The molecular weight excluding hydrogens is 278 g/mol. The minimum atomic E-state index is -0.162. The lowest BCUT2D eigenvalue weighted by Crippen LogP contribution is -2.52. The van der Waals surface area contributed by atoms with Gasteiger partial charge in [0.15, 0.2) is 0 Å². The van der Waals surface area contributed by atoms with Crippen LogP contribution in [0.5, 0.6) is 0 Å². The van der Waals surface area contributed by atoms with Crippen LogP contribution in [-0.2, 0) is 4.74 Å². The maximum atomic E-state index is 12.2. The molecule has 1 amide bonds. The summed E-state index contributed by atoms with van der Waals surface area (Å²) in [6.45, 7) is 7.43. The van der Waals surface area contributed by atoms with Gasteiger partial charge in [0.2, 0.25) is 0 Å². The molecule has 5 nitrogen and oxygen atoms in total. The predicted octanol–water partition coefficient (Wildman–Crippen LogP) is 1.57. The van der Waals surface area contributed by atoms with E-state index in [-0.39, 0.29) is 18.0 Å². The zero-order valence-electron chi connectivity index (χ0n) is 11.8. The SMILES string of the molecule is CC(NC(=O)c1ccncc1Cl)C(C)N1CCOCC1. The first-order valence-corrected chi connectivity index (χ1v) is 7.19. The lowest BCUT2D eigenvalue weighted by molar-refractivity contribution is 0.0137. The van der Waals surface area contributed by atoms with Gasteiger partial charge >= 0.3 is 0 Å². The molecule has 2 rings (SSSR count). The molecule has 2 unspecified atom stereocenters. The number of nitrogens with one attached hydrogen (secondary N) is 1. The fourth-order valence-corrected chi connectivity index (χ4v) is 2.47. The number of hydrogen-bond donors (Lipinski definition) is 1. The number of aromatic nitrogens is 1. The van der Waals surface area contributed by atoms with Crippen LogP contribution in [-0.4, -0.2) is 54.2 Å². The first kappa shape index (κ1) is 15.2. The Balaban J connectivity index is 1.95. The quantitative estimate of drug-likeness (QED) is 0.917. The van der Waals surface area contributed by atoms with Crippen LogP contribution in [0.3, 0.4) is 0 Å². The molecule has 1 fully saturated rings. The Morgan fingerprint density at radius 1 is 1.45 bits per heavy atom.